The van der Waals surface area contributed by atoms with Crippen LogP contribution in [0.15, 0.2) is 72.8 Å². The summed E-state index contributed by atoms with van der Waals surface area (Å²) in [5.41, 5.74) is 1.54. The zero-order valence-corrected chi connectivity index (χ0v) is 16.8. The molecule has 5 nitrogen and oxygen atoms in total. The second-order valence-corrected chi connectivity index (χ2v) is 7.53. The minimum absolute atomic E-state index is 0.294. The number of hydrogen-bond acceptors (Lipinski definition) is 4. The third-order valence-corrected chi connectivity index (χ3v) is 5.59. The van der Waals surface area contributed by atoms with E-state index >= 15 is 0 Å². The van der Waals surface area contributed by atoms with E-state index in [1.54, 1.807) is 60.7 Å². The van der Waals surface area contributed by atoms with Crippen molar-refractivity contribution in [1.82, 2.24) is 0 Å². The number of amides is 2. The molecule has 7 heteroatoms. The summed E-state index contributed by atoms with van der Waals surface area (Å²) in [6.45, 7) is 0. The number of hydrogen-bond donors (Lipinski definition) is 2. The number of carbonyl (C=O) groups is 2. The number of anilines is 2. The normalized spacial score (nSPS) is 10.6. The third kappa shape index (κ3) is 4.01. The average Bonchev–Trinajstić information content (AvgIpc) is 3.21. The Labute approximate surface area is 176 Å². The molecule has 150 valence electrons. The summed E-state index contributed by atoms with van der Waals surface area (Å²) in [6.07, 6.45) is 0. The van der Waals surface area contributed by atoms with E-state index in [0.717, 1.165) is 0 Å². The molecular weight excluding hydrogens is 403 g/mol. The minimum Gasteiger partial charge on any atom is -0.495 e. The first-order chi connectivity index (χ1) is 14.5. The first-order valence-electron chi connectivity index (χ1n) is 9.09. The van der Waals surface area contributed by atoms with Crippen LogP contribution in [-0.2, 0) is 0 Å². The molecule has 3 aromatic carbocycles. The summed E-state index contributed by atoms with van der Waals surface area (Å²) in [4.78, 5) is 25.4. The van der Waals surface area contributed by atoms with Crippen LogP contribution in [0.4, 0.5) is 15.8 Å². The number of methoxy groups -OCH3 is 1. The zero-order chi connectivity index (χ0) is 21.1. The van der Waals surface area contributed by atoms with E-state index in [1.807, 2.05) is 6.07 Å². The van der Waals surface area contributed by atoms with E-state index < -0.39 is 0 Å². The van der Waals surface area contributed by atoms with Crippen LogP contribution in [0.2, 0.25) is 0 Å². The van der Waals surface area contributed by atoms with Crippen LogP contribution < -0.4 is 15.4 Å². The Balaban J connectivity index is 1.45. The average molecular weight is 420 g/mol. The van der Waals surface area contributed by atoms with Gasteiger partial charge in [0.15, 0.2) is 0 Å². The molecule has 0 aliphatic carbocycles. The maximum atomic E-state index is 13.8. The molecule has 0 bridgehead atoms. The Morgan fingerprint density at radius 3 is 2.40 bits per heavy atom. The molecule has 0 aliphatic heterocycles. The van der Waals surface area contributed by atoms with Crippen molar-refractivity contribution >= 4 is 44.6 Å². The molecular formula is C23H17FN2O3S. The topological polar surface area (TPSA) is 67.4 Å². The highest BCUT2D eigenvalue weighted by atomic mass is 32.1. The predicted molar refractivity (Wildman–Crippen MR) is 117 cm³/mol. The van der Waals surface area contributed by atoms with E-state index in [1.165, 1.54) is 24.5 Å². The Morgan fingerprint density at radius 1 is 0.900 bits per heavy atom. The number of fused-ring (bicyclic) bond motifs is 1. The quantitative estimate of drug-likeness (QED) is 0.445. The molecule has 4 aromatic rings. The van der Waals surface area contributed by atoms with Gasteiger partial charge in [0.1, 0.15) is 11.6 Å². The smallest absolute Gasteiger partial charge is 0.265 e. The van der Waals surface area contributed by atoms with Gasteiger partial charge in [-0.2, -0.15) is 0 Å². The molecule has 1 heterocycles. The van der Waals surface area contributed by atoms with Crippen LogP contribution in [0.3, 0.4) is 0 Å². The van der Waals surface area contributed by atoms with Crippen molar-refractivity contribution in [2.45, 2.75) is 0 Å². The minimum atomic E-state index is -0.354. The lowest BCUT2D eigenvalue weighted by atomic mass is 10.2. The lowest BCUT2D eigenvalue weighted by molar-refractivity contribution is 0.102. The Hall–Kier alpha value is -3.71. The summed E-state index contributed by atoms with van der Waals surface area (Å²) in [5, 5.41) is 6.00. The monoisotopic (exact) mass is 420 g/mol. The van der Waals surface area contributed by atoms with Crippen LogP contribution in [0, 0.1) is 5.82 Å². The van der Waals surface area contributed by atoms with Gasteiger partial charge >= 0.3 is 0 Å². The standard InChI is InChI=1S/C23H17FN2O3S/c1-29-19-7-3-2-6-18(19)26-22(27)14-9-11-15(12-10-14)25-23(28)21-13-16-17(24)5-4-8-20(16)30-21/h2-13H,1H3,(H,25,28)(H,26,27). The van der Waals surface area contributed by atoms with Gasteiger partial charge in [-0.25, -0.2) is 4.39 Å². The number of nitrogens with one attached hydrogen (secondary N) is 2. The van der Waals surface area contributed by atoms with Crippen molar-refractivity contribution in [3.63, 3.8) is 0 Å². The Kier molecular flexibility index (Phi) is 5.45. The molecule has 30 heavy (non-hydrogen) atoms. The number of benzene rings is 3. The van der Waals surface area contributed by atoms with Crippen LogP contribution in [-0.4, -0.2) is 18.9 Å². The van der Waals surface area contributed by atoms with Gasteiger partial charge in [0.25, 0.3) is 11.8 Å². The highest BCUT2D eigenvalue weighted by Crippen LogP contribution is 2.28. The summed E-state index contributed by atoms with van der Waals surface area (Å²) in [7, 11) is 1.54. The highest BCUT2D eigenvalue weighted by molar-refractivity contribution is 7.20. The second-order valence-electron chi connectivity index (χ2n) is 6.45. The highest BCUT2D eigenvalue weighted by Gasteiger charge is 2.14. The van der Waals surface area contributed by atoms with Crippen molar-refractivity contribution in [2.24, 2.45) is 0 Å². The lowest BCUT2D eigenvalue weighted by Gasteiger charge is -2.10. The van der Waals surface area contributed by atoms with E-state index in [0.29, 0.717) is 37.7 Å². The summed E-state index contributed by atoms with van der Waals surface area (Å²) in [5.74, 6) is -0.415. The van der Waals surface area contributed by atoms with Crippen molar-refractivity contribution in [3.8, 4) is 5.75 Å². The Morgan fingerprint density at radius 2 is 1.67 bits per heavy atom. The SMILES string of the molecule is COc1ccccc1NC(=O)c1ccc(NC(=O)c2cc3c(F)cccc3s2)cc1. The van der Waals surface area contributed by atoms with E-state index in [9.17, 15) is 14.0 Å². The second kappa shape index (κ2) is 8.34. The van der Waals surface area contributed by atoms with Crippen LogP contribution >= 0.6 is 11.3 Å². The lowest BCUT2D eigenvalue weighted by Crippen LogP contribution is -2.13. The van der Waals surface area contributed by atoms with E-state index in [2.05, 4.69) is 10.6 Å². The molecule has 2 amide bonds. The van der Waals surface area contributed by atoms with Gasteiger partial charge in [-0.3, -0.25) is 9.59 Å². The van der Waals surface area contributed by atoms with Crippen molar-refractivity contribution in [2.75, 3.05) is 17.7 Å². The van der Waals surface area contributed by atoms with Gasteiger partial charge in [-0.15, -0.1) is 11.3 Å². The number of carbonyl (C=O) groups excluding carboxylic acids is 2. The Bertz CT molecular complexity index is 1230. The van der Waals surface area contributed by atoms with Crippen molar-refractivity contribution in [3.05, 3.63) is 89.1 Å². The fourth-order valence-electron chi connectivity index (χ4n) is 2.98. The maximum Gasteiger partial charge on any atom is 0.265 e. The predicted octanol–water partition coefficient (Wildman–Crippen LogP) is 5.55. The molecule has 1 aromatic heterocycles. The molecule has 2 N–H and O–H groups in total. The number of halogens is 1. The van der Waals surface area contributed by atoms with Gasteiger partial charge in [0.05, 0.1) is 17.7 Å². The summed E-state index contributed by atoms with van der Waals surface area (Å²) in [6, 6.07) is 19.9. The number of rotatable bonds is 5. The summed E-state index contributed by atoms with van der Waals surface area (Å²) < 4.78 is 19.8. The first kappa shape index (κ1) is 19.6. The van der Waals surface area contributed by atoms with Gasteiger partial charge in [0, 0.05) is 21.3 Å². The van der Waals surface area contributed by atoms with Gasteiger partial charge in [-0.1, -0.05) is 18.2 Å². The molecule has 0 fully saturated rings. The molecule has 0 saturated carbocycles. The van der Waals surface area contributed by atoms with Gasteiger partial charge in [-0.05, 0) is 54.6 Å². The fraction of sp³-hybridized carbons (Fsp3) is 0.0435. The van der Waals surface area contributed by atoms with Crippen LogP contribution in [0.25, 0.3) is 10.1 Å². The first-order valence-corrected chi connectivity index (χ1v) is 9.90. The van der Waals surface area contributed by atoms with E-state index in [4.69, 9.17) is 4.74 Å². The fourth-order valence-corrected chi connectivity index (χ4v) is 3.95. The molecule has 0 atom stereocenters. The molecule has 0 spiro atoms. The maximum absolute atomic E-state index is 13.8. The van der Waals surface area contributed by atoms with Gasteiger partial charge in [0.2, 0.25) is 0 Å². The van der Waals surface area contributed by atoms with Crippen LogP contribution in [0.1, 0.15) is 20.0 Å². The number of ether oxygens (including phenoxy) is 1. The molecule has 0 radical (unpaired) electrons. The van der Waals surface area contributed by atoms with Crippen molar-refractivity contribution in [1.29, 1.82) is 0 Å². The number of thiophene rings is 1. The van der Waals surface area contributed by atoms with E-state index in [-0.39, 0.29) is 17.6 Å². The van der Waals surface area contributed by atoms with Crippen molar-refractivity contribution < 1.29 is 18.7 Å². The molecule has 4 rings (SSSR count). The number of para-hydroxylation sites is 2. The third-order valence-electron chi connectivity index (χ3n) is 4.49. The van der Waals surface area contributed by atoms with Gasteiger partial charge < -0.3 is 15.4 Å². The molecule has 0 saturated heterocycles. The largest absolute Gasteiger partial charge is 0.495 e. The molecule has 0 aliphatic rings. The summed E-state index contributed by atoms with van der Waals surface area (Å²) >= 11 is 1.22. The molecule has 0 unspecified atom stereocenters. The zero-order valence-electron chi connectivity index (χ0n) is 15.9. The van der Waals surface area contributed by atoms with Crippen LogP contribution in [0.5, 0.6) is 5.75 Å².